The average Bonchev–Trinajstić information content (AvgIpc) is 3.09. The zero-order chi connectivity index (χ0) is 19.4. The van der Waals surface area contributed by atoms with E-state index in [1.807, 2.05) is 30.5 Å². The topological polar surface area (TPSA) is 80.3 Å². The van der Waals surface area contributed by atoms with E-state index in [1.54, 1.807) is 31.4 Å². The molecule has 0 saturated heterocycles. The van der Waals surface area contributed by atoms with Gasteiger partial charge in [0.05, 0.1) is 12.8 Å². The highest BCUT2D eigenvalue weighted by atomic mass is 32.1. The zero-order valence-corrected chi connectivity index (χ0v) is 16.0. The van der Waals surface area contributed by atoms with Gasteiger partial charge in [-0.15, -0.1) is 11.3 Å². The lowest BCUT2D eigenvalue weighted by Crippen LogP contribution is -2.13. The number of nitrogens with one attached hydrogen (secondary N) is 2. The Labute approximate surface area is 161 Å². The predicted molar refractivity (Wildman–Crippen MR) is 108 cm³/mol. The monoisotopic (exact) mass is 381 g/mol. The Balaban J connectivity index is 1.79. The molecule has 27 heavy (non-hydrogen) atoms. The molecular formula is C20H19N3O3S. The van der Waals surface area contributed by atoms with Gasteiger partial charge in [0.1, 0.15) is 5.75 Å². The highest BCUT2D eigenvalue weighted by Gasteiger charge is 2.13. The predicted octanol–water partition coefficient (Wildman–Crippen LogP) is 4.34. The minimum absolute atomic E-state index is 0.191. The molecule has 1 aromatic heterocycles. The number of ether oxygens (including phenoxy) is 1. The fraction of sp³-hybridized carbons (Fsp3) is 0.150. The Bertz CT molecular complexity index is 998. The van der Waals surface area contributed by atoms with Crippen molar-refractivity contribution in [2.24, 2.45) is 0 Å². The van der Waals surface area contributed by atoms with Crippen molar-refractivity contribution in [2.75, 3.05) is 17.7 Å². The van der Waals surface area contributed by atoms with Crippen molar-refractivity contribution in [3.63, 3.8) is 0 Å². The van der Waals surface area contributed by atoms with E-state index >= 15 is 0 Å². The molecule has 1 heterocycles. The first kappa shape index (κ1) is 18.6. The standard InChI is InChI=1S/C20H19N3O3S/c1-12-7-8-18(26-3)16(9-12)17-11-27-20(22-17)23-19(25)14-5-4-6-15(10-14)21-13(2)24/h4-11H,1-3H3,(H,21,24)(H,22,23,25). The Hall–Kier alpha value is -3.19. The van der Waals surface area contributed by atoms with Crippen LogP contribution in [0.15, 0.2) is 47.8 Å². The minimum atomic E-state index is -0.292. The van der Waals surface area contributed by atoms with Crippen molar-refractivity contribution < 1.29 is 14.3 Å². The van der Waals surface area contributed by atoms with Gasteiger partial charge in [-0.2, -0.15) is 0 Å². The third-order valence-corrected chi connectivity index (χ3v) is 4.56. The molecule has 2 amide bonds. The molecule has 0 saturated carbocycles. The van der Waals surface area contributed by atoms with Crippen LogP contribution in [0.4, 0.5) is 10.8 Å². The molecule has 0 fully saturated rings. The smallest absolute Gasteiger partial charge is 0.257 e. The fourth-order valence-corrected chi connectivity index (χ4v) is 3.29. The van der Waals surface area contributed by atoms with Crippen LogP contribution in [-0.2, 0) is 4.79 Å². The highest BCUT2D eigenvalue weighted by molar-refractivity contribution is 7.14. The van der Waals surface area contributed by atoms with Crippen molar-refractivity contribution in [2.45, 2.75) is 13.8 Å². The Morgan fingerprint density at radius 3 is 2.67 bits per heavy atom. The van der Waals surface area contributed by atoms with Crippen LogP contribution in [0.2, 0.25) is 0 Å². The van der Waals surface area contributed by atoms with Crippen LogP contribution < -0.4 is 15.4 Å². The van der Waals surface area contributed by atoms with Crippen molar-refractivity contribution >= 4 is 34.0 Å². The molecule has 0 unspecified atom stereocenters. The normalized spacial score (nSPS) is 10.3. The number of aryl methyl sites for hydroxylation is 1. The molecule has 3 aromatic rings. The highest BCUT2D eigenvalue weighted by Crippen LogP contribution is 2.33. The molecule has 2 aromatic carbocycles. The molecule has 3 rings (SSSR count). The maximum absolute atomic E-state index is 12.5. The molecule has 2 N–H and O–H groups in total. The van der Waals surface area contributed by atoms with Gasteiger partial charge in [-0.3, -0.25) is 14.9 Å². The SMILES string of the molecule is COc1ccc(C)cc1-c1csc(NC(=O)c2cccc(NC(C)=O)c2)n1. The summed E-state index contributed by atoms with van der Waals surface area (Å²) in [6.07, 6.45) is 0. The molecule has 0 radical (unpaired) electrons. The maximum atomic E-state index is 12.5. The Morgan fingerprint density at radius 1 is 1.11 bits per heavy atom. The molecule has 0 aliphatic carbocycles. The Morgan fingerprint density at radius 2 is 1.93 bits per heavy atom. The second-order valence-corrected chi connectivity index (χ2v) is 6.82. The van der Waals surface area contributed by atoms with Crippen LogP contribution in [0.5, 0.6) is 5.75 Å². The molecule has 0 bridgehead atoms. The first-order valence-corrected chi connectivity index (χ1v) is 9.14. The van der Waals surface area contributed by atoms with Gasteiger partial charge < -0.3 is 10.1 Å². The van der Waals surface area contributed by atoms with E-state index in [0.29, 0.717) is 16.4 Å². The fourth-order valence-electron chi connectivity index (χ4n) is 2.59. The lowest BCUT2D eigenvalue weighted by atomic mass is 10.1. The summed E-state index contributed by atoms with van der Waals surface area (Å²) in [5, 5.41) is 7.82. The third-order valence-electron chi connectivity index (χ3n) is 3.80. The van der Waals surface area contributed by atoms with Gasteiger partial charge in [-0.05, 0) is 37.3 Å². The molecule has 6 nitrogen and oxygen atoms in total. The van der Waals surface area contributed by atoms with Crippen molar-refractivity contribution in [1.29, 1.82) is 0 Å². The van der Waals surface area contributed by atoms with Crippen LogP contribution in [0.1, 0.15) is 22.8 Å². The number of carbonyl (C=O) groups is 2. The lowest BCUT2D eigenvalue weighted by Gasteiger charge is -2.07. The van der Waals surface area contributed by atoms with Gasteiger partial charge in [0, 0.05) is 29.1 Å². The van der Waals surface area contributed by atoms with Crippen LogP contribution in [0.25, 0.3) is 11.3 Å². The summed E-state index contributed by atoms with van der Waals surface area (Å²) < 4.78 is 5.40. The van der Waals surface area contributed by atoms with Gasteiger partial charge >= 0.3 is 0 Å². The van der Waals surface area contributed by atoms with Gasteiger partial charge in [-0.1, -0.05) is 17.7 Å². The summed E-state index contributed by atoms with van der Waals surface area (Å²) in [6, 6.07) is 12.6. The first-order valence-electron chi connectivity index (χ1n) is 8.26. The number of rotatable bonds is 5. The van der Waals surface area contributed by atoms with E-state index in [0.717, 1.165) is 22.6 Å². The van der Waals surface area contributed by atoms with E-state index in [1.165, 1.54) is 18.3 Å². The molecule has 7 heteroatoms. The number of amides is 2. The molecule has 138 valence electrons. The number of hydrogen-bond donors (Lipinski definition) is 2. The number of carbonyl (C=O) groups excluding carboxylic acids is 2. The van der Waals surface area contributed by atoms with E-state index in [2.05, 4.69) is 15.6 Å². The summed E-state index contributed by atoms with van der Waals surface area (Å²) in [5.41, 5.74) is 3.72. The van der Waals surface area contributed by atoms with Crippen molar-refractivity contribution in [3.05, 3.63) is 59.0 Å². The van der Waals surface area contributed by atoms with E-state index < -0.39 is 0 Å². The van der Waals surface area contributed by atoms with Gasteiger partial charge in [0.2, 0.25) is 5.91 Å². The van der Waals surface area contributed by atoms with Crippen LogP contribution in [0, 0.1) is 6.92 Å². The second kappa shape index (κ2) is 8.01. The number of nitrogens with zero attached hydrogens (tertiary/aromatic N) is 1. The molecular weight excluding hydrogens is 362 g/mol. The van der Waals surface area contributed by atoms with Crippen LogP contribution >= 0.6 is 11.3 Å². The summed E-state index contributed by atoms with van der Waals surface area (Å²) in [4.78, 5) is 28.2. The van der Waals surface area contributed by atoms with Gasteiger partial charge in [0.15, 0.2) is 5.13 Å². The molecule has 0 aliphatic heterocycles. The number of methoxy groups -OCH3 is 1. The van der Waals surface area contributed by atoms with Crippen LogP contribution in [0.3, 0.4) is 0 Å². The third kappa shape index (κ3) is 4.51. The molecule has 0 aliphatic rings. The Kier molecular flexibility index (Phi) is 5.52. The van der Waals surface area contributed by atoms with Crippen LogP contribution in [-0.4, -0.2) is 23.9 Å². The minimum Gasteiger partial charge on any atom is -0.496 e. The summed E-state index contributed by atoms with van der Waals surface area (Å²) >= 11 is 1.34. The lowest BCUT2D eigenvalue weighted by molar-refractivity contribution is -0.114. The zero-order valence-electron chi connectivity index (χ0n) is 15.2. The second-order valence-electron chi connectivity index (χ2n) is 5.96. The van der Waals surface area contributed by atoms with Crippen molar-refractivity contribution in [1.82, 2.24) is 4.98 Å². The number of thiazole rings is 1. The number of anilines is 2. The maximum Gasteiger partial charge on any atom is 0.257 e. The van der Waals surface area contributed by atoms with Gasteiger partial charge in [0.25, 0.3) is 5.91 Å². The van der Waals surface area contributed by atoms with E-state index in [-0.39, 0.29) is 11.8 Å². The quantitative estimate of drug-likeness (QED) is 0.689. The first-order chi connectivity index (χ1) is 13.0. The largest absolute Gasteiger partial charge is 0.496 e. The van der Waals surface area contributed by atoms with E-state index in [4.69, 9.17) is 4.74 Å². The average molecular weight is 381 g/mol. The summed E-state index contributed by atoms with van der Waals surface area (Å²) in [5.74, 6) is 0.246. The molecule has 0 spiro atoms. The molecule has 0 atom stereocenters. The summed E-state index contributed by atoms with van der Waals surface area (Å²) in [6.45, 7) is 3.42. The summed E-state index contributed by atoms with van der Waals surface area (Å²) in [7, 11) is 1.62. The van der Waals surface area contributed by atoms with Crippen molar-refractivity contribution in [3.8, 4) is 17.0 Å². The number of hydrogen-bond acceptors (Lipinski definition) is 5. The van der Waals surface area contributed by atoms with Gasteiger partial charge in [-0.25, -0.2) is 4.98 Å². The number of benzene rings is 2. The van der Waals surface area contributed by atoms with E-state index in [9.17, 15) is 9.59 Å². The number of aromatic nitrogens is 1.